The van der Waals surface area contributed by atoms with Crippen molar-refractivity contribution in [3.8, 4) is 16.9 Å². The number of carbonyl (C=O) groups excluding carboxylic acids is 1. The zero-order valence-electron chi connectivity index (χ0n) is 26.8. The maximum absolute atomic E-state index is 13.4. The van der Waals surface area contributed by atoms with Gasteiger partial charge in [0.2, 0.25) is 5.91 Å². The second-order valence-corrected chi connectivity index (χ2v) is 14.2. The first-order valence-corrected chi connectivity index (χ1v) is 17.8. The van der Waals surface area contributed by atoms with Gasteiger partial charge in [0.1, 0.15) is 47.8 Å². The lowest BCUT2D eigenvalue weighted by Crippen LogP contribution is -2.60. The van der Waals surface area contributed by atoms with E-state index in [0.29, 0.717) is 18.4 Å². The van der Waals surface area contributed by atoms with Gasteiger partial charge < -0.3 is 39.4 Å². The first kappa shape index (κ1) is 35.6. The smallest absolute Gasteiger partial charge is 0.311 e. The van der Waals surface area contributed by atoms with Crippen molar-refractivity contribution in [3.63, 3.8) is 0 Å². The molecule has 5 N–H and O–H groups in total. The quantitative estimate of drug-likeness (QED) is 0.109. The van der Waals surface area contributed by atoms with E-state index in [1.807, 2.05) is 54.6 Å². The number of β-lactam (4-membered cyclic amide) rings is 1. The lowest BCUT2D eigenvalue weighted by atomic mass is 9.78. The molecule has 4 aromatic rings. The van der Waals surface area contributed by atoms with E-state index in [0.717, 1.165) is 22.4 Å². The monoisotopic (exact) mass is 707 g/mol. The Hall–Kier alpha value is -4.21. The summed E-state index contributed by atoms with van der Waals surface area (Å²) in [5.41, 5.74) is 3.84. The zero-order valence-corrected chi connectivity index (χ0v) is 27.6. The molecule has 13 heteroatoms. The molecule has 2 aliphatic rings. The van der Waals surface area contributed by atoms with Crippen LogP contribution < -0.4 is 9.08 Å². The standard InChI is InChI=1S/C37H38FNO10S/c38-26-14-10-24(11-15-26)30(41)19-18-29-33(39(37(29)45)27-4-2-1-3-5-27)25-8-6-22(7-9-25)23-12-16-28(17-13-23)49-50(46,47)21-32-35(43)36(44)34(42)31(20-40)48-32/h1-17,29-36,40-44H,18-21H2/t29-,30+,31?,32+,33-,34-,35?,36?/m1/s1. The molecule has 0 aromatic heterocycles. The lowest BCUT2D eigenvalue weighted by molar-refractivity contribution is -0.223. The predicted molar refractivity (Wildman–Crippen MR) is 181 cm³/mol. The van der Waals surface area contributed by atoms with Gasteiger partial charge in [-0.2, -0.15) is 8.42 Å². The van der Waals surface area contributed by atoms with Crippen LogP contribution in [0.25, 0.3) is 11.1 Å². The first-order chi connectivity index (χ1) is 24.0. The van der Waals surface area contributed by atoms with Gasteiger partial charge in [-0.15, -0.1) is 0 Å². The molecule has 0 bridgehead atoms. The van der Waals surface area contributed by atoms with E-state index < -0.39 is 59.1 Å². The van der Waals surface area contributed by atoms with Crippen LogP contribution >= 0.6 is 0 Å². The van der Waals surface area contributed by atoms with Crippen LogP contribution in [-0.2, 0) is 19.6 Å². The summed E-state index contributed by atoms with van der Waals surface area (Å²) in [6.07, 6.45) is -7.78. The van der Waals surface area contributed by atoms with E-state index in [1.54, 1.807) is 17.0 Å². The highest BCUT2D eigenvalue weighted by Crippen LogP contribution is 2.46. The van der Waals surface area contributed by atoms with Crippen LogP contribution in [0.5, 0.6) is 5.75 Å². The molecule has 2 heterocycles. The normalized spacial score (nSPS) is 25.9. The third kappa shape index (κ3) is 7.59. The van der Waals surface area contributed by atoms with Crippen molar-refractivity contribution in [2.45, 2.75) is 55.5 Å². The minimum Gasteiger partial charge on any atom is -0.394 e. The van der Waals surface area contributed by atoms with Crippen molar-refractivity contribution in [2.75, 3.05) is 17.3 Å². The third-order valence-corrected chi connectivity index (χ3v) is 10.5. The minimum absolute atomic E-state index is 0.00658. The van der Waals surface area contributed by atoms with E-state index in [4.69, 9.17) is 8.92 Å². The van der Waals surface area contributed by atoms with Crippen LogP contribution in [0.3, 0.4) is 0 Å². The number of ether oxygens (including phenoxy) is 1. The molecule has 0 radical (unpaired) electrons. The molecule has 4 aromatic carbocycles. The van der Waals surface area contributed by atoms with E-state index >= 15 is 0 Å². The Morgan fingerprint density at radius 2 is 1.40 bits per heavy atom. The molecule has 50 heavy (non-hydrogen) atoms. The van der Waals surface area contributed by atoms with E-state index in [2.05, 4.69) is 0 Å². The maximum Gasteiger partial charge on any atom is 0.311 e. The highest BCUT2D eigenvalue weighted by molar-refractivity contribution is 7.87. The van der Waals surface area contributed by atoms with Crippen molar-refractivity contribution in [3.05, 3.63) is 120 Å². The summed E-state index contributed by atoms with van der Waals surface area (Å²) in [6, 6.07) is 28.7. The lowest BCUT2D eigenvalue weighted by Gasteiger charge is -2.48. The Bertz CT molecular complexity index is 1860. The minimum atomic E-state index is -4.32. The summed E-state index contributed by atoms with van der Waals surface area (Å²) in [7, 11) is -4.32. The molecule has 8 atom stereocenters. The second kappa shape index (κ2) is 15.0. The Morgan fingerprint density at radius 1 is 0.800 bits per heavy atom. The molecule has 11 nitrogen and oxygen atoms in total. The van der Waals surface area contributed by atoms with Crippen molar-refractivity contribution in [2.24, 2.45) is 5.92 Å². The average molecular weight is 708 g/mol. The molecule has 6 rings (SSSR count). The number of amides is 1. The van der Waals surface area contributed by atoms with Crippen LogP contribution in [-0.4, -0.2) is 82.7 Å². The van der Waals surface area contributed by atoms with Gasteiger partial charge in [-0.3, -0.25) is 4.79 Å². The van der Waals surface area contributed by atoms with Crippen LogP contribution in [0.2, 0.25) is 0 Å². The number of para-hydroxylation sites is 1. The number of nitrogens with zero attached hydrogens (tertiary/aromatic N) is 1. The summed E-state index contributed by atoms with van der Waals surface area (Å²) in [4.78, 5) is 15.2. The molecule has 2 aliphatic heterocycles. The second-order valence-electron chi connectivity index (χ2n) is 12.6. The summed E-state index contributed by atoms with van der Waals surface area (Å²) in [6.45, 7) is -0.682. The number of halogens is 1. The average Bonchev–Trinajstić information content (AvgIpc) is 3.11. The molecule has 1 amide bonds. The summed E-state index contributed by atoms with van der Waals surface area (Å²) in [5, 5.41) is 50.2. The fourth-order valence-corrected chi connectivity index (χ4v) is 7.70. The van der Waals surface area contributed by atoms with Crippen molar-refractivity contribution in [1.82, 2.24) is 0 Å². The molecule has 3 unspecified atom stereocenters. The number of hydrogen-bond donors (Lipinski definition) is 5. The number of carbonyl (C=O) groups is 1. The van der Waals surface area contributed by atoms with E-state index in [1.165, 1.54) is 36.4 Å². The molecule has 264 valence electrons. The number of aliphatic hydroxyl groups is 5. The molecular weight excluding hydrogens is 669 g/mol. The number of rotatable bonds is 12. The molecule has 2 saturated heterocycles. The Labute approximate surface area is 288 Å². The van der Waals surface area contributed by atoms with Crippen molar-refractivity contribution < 1.29 is 52.1 Å². The third-order valence-electron chi connectivity index (χ3n) is 9.28. The molecule has 0 spiro atoms. The van der Waals surface area contributed by atoms with Crippen molar-refractivity contribution in [1.29, 1.82) is 0 Å². The molecule has 0 saturated carbocycles. The van der Waals surface area contributed by atoms with Crippen LogP contribution in [0, 0.1) is 11.7 Å². The Balaban J connectivity index is 1.13. The van der Waals surface area contributed by atoms with Gasteiger partial charge in [0, 0.05) is 5.69 Å². The maximum atomic E-state index is 13.4. The van der Waals surface area contributed by atoms with E-state index in [-0.39, 0.29) is 29.4 Å². The summed E-state index contributed by atoms with van der Waals surface area (Å²) < 4.78 is 49.4. The number of hydrogen-bond acceptors (Lipinski definition) is 10. The van der Waals surface area contributed by atoms with Crippen LogP contribution in [0.15, 0.2) is 103 Å². The molecule has 2 fully saturated rings. The first-order valence-electron chi connectivity index (χ1n) is 16.2. The van der Waals surface area contributed by atoms with Crippen molar-refractivity contribution >= 4 is 21.7 Å². The molecular formula is C37H38FNO10S. The topological polar surface area (TPSA) is 174 Å². The van der Waals surface area contributed by atoms with Crippen LogP contribution in [0.1, 0.15) is 36.1 Å². The zero-order chi connectivity index (χ0) is 35.6. The highest BCUT2D eigenvalue weighted by atomic mass is 32.2. The SMILES string of the molecule is O=C1[C@H](CC[C@H](O)c2ccc(F)cc2)[C@@H](c2ccc(-c3ccc(OS(=O)(=O)C[C@@H]4OC(CO)[C@@H](O)C(O)C4O)cc3)cc2)N1c1ccccc1. The van der Waals surface area contributed by atoms with Gasteiger partial charge in [0.25, 0.3) is 0 Å². The van der Waals surface area contributed by atoms with Gasteiger partial charge in [-0.25, -0.2) is 4.39 Å². The van der Waals surface area contributed by atoms with Gasteiger partial charge >= 0.3 is 10.1 Å². The Morgan fingerprint density at radius 3 is 2.02 bits per heavy atom. The number of aliphatic hydroxyl groups excluding tert-OH is 5. The fourth-order valence-electron chi connectivity index (χ4n) is 6.55. The summed E-state index contributed by atoms with van der Waals surface area (Å²) in [5.74, 6) is -1.63. The Kier molecular flexibility index (Phi) is 10.6. The van der Waals surface area contributed by atoms with E-state index in [9.17, 15) is 43.1 Å². The van der Waals surface area contributed by atoms with Gasteiger partial charge in [-0.05, 0) is 71.5 Å². The predicted octanol–water partition coefficient (Wildman–Crippen LogP) is 3.26. The van der Waals surface area contributed by atoms with Gasteiger partial charge in [0.05, 0.1) is 24.7 Å². The largest absolute Gasteiger partial charge is 0.394 e. The van der Waals surface area contributed by atoms with Gasteiger partial charge in [-0.1, -0.05) is 66.7 Å². The fraction of sp³-hybridized carbons (Fsp3) is 0.324. The van der Waals surface area contributed by atoms with Crippen LogP contribution in [0.4, 0.5) is 10.1 Å². The summed E-state index contributed by atoms with van der Waals surface area (Å²) >= 11 is 0. The number of anilines is 1. The van der Waals surface area contributed by atoms with Gasteiger partial charge in [0.15, 0.2) is 0 Å². The molecule has 0 aliphatic carbocycles. The highest BCUT2D eigenvalue weighted by Gasteiger charge is 2.48. The number of benzene rings is 4.